The van der Waals surface area contributed by atoms with Crippen molar-refractivity contribution in [3.8, 4) is 0 Å². The molecule has 2 aromatic heterocycles. The first kappa shape index (κ1) is 22.3. The Bertz CT molecular complexity index is 932. The normalized spacial score (nSPS) is 20.9. The van der Waals surface area contributed by atoms with Crippen LogP contribution in [-0.2, 0) is 16.1 Å². The molecule has 1 atom stereocenters. The smallest absolute Gasteiger partial charge is 0.244 e. The third kappa shape index (κ3) is 4.64. The first-order chi connectivity index (χ1) is 15.3. The van der Waals surface area contributed by atoms with Gasteiger partial charge in [-0.25, -0.2) is 4.68 Å². The zero-order valence-electron chi connectivity index (χ0n) is 19.1. The summed E-state index contributed by atoms with van der Waals surface area (Å²) < 4.78 is 7.42. The molecule has 0 aliphatic carbocycles. The third-order valence-electron chi connectivity index (χ3n) is 6.54. The number of aromatic nitrogens is 6. The van der Waals surface area contributed by atoms with Gasteiger partial charge in [0.2, 0.25) is 23.6 Å². The fraction of sp³-hybridized carbons (Fsp3) is 0.750. The summed E-state index contributed by atoms with van der Waals surface area (Å²) in [5.74, 6) is 1.40. The van der Waals surface area contributed by atoms with Crippen molar-refractivity contribution in [3.63, 3.8) is 0 Å². The maximum Gasteiger partial charge on any atom is 0.244 e. The molecule has 1 unspecified atom stereocenters. The summed E-state index contributed by atoms with van der Waals surface area (Å²) in [6.07, 6.45) is 4.01. The quantitative estimate of drug-likeness (QED) is 0.618. The average molecular weight is 446 g/mol. The van der Waals surface area contributed by atoms with Gasteiger partial charge >= 0.3 is 0 Å². The summed E-state index contributed by atoms with van der Waals surface area (Å²) in [5, 5.41) is 19.4. The molecule has 12 heteroatoms. The van der Waals surface area contributed by atoms with E-state index in [4.69, 9.17) is 4.42 Å². The van der Waals surface area contributed by atoms with Gasteiger partial charge < -0.3 is 14.2 Å². The molecule has 2 fully saturated rings. The van der Waals surface area contributed by atoms with Crippen LogP contribution >= 0.6 is 0 Å². The van der Waals surface area contributed by atoms with Crippen molar-refractivity contribution in [2.24, 2.45) is 5.41 Å². The van der Waals surface area contributed by atoms with E-state index in [2.05, 4.69) is 30.6 Å². The van der Waals surface area contributed by atoms with Crippen molar-refractivity contribution in [2.45, 2.75) is 51.6 Å². The number of hydrogen-bond donors (Lipinski definition) is 0. The molecule has 4 heterocycles. The Balaban J connectivity index is 1.46. The van der Waals surface area contributed by atoms with E-state index in [1.807, 2.05) is 18.7 Å². The van der Waals surface area contributed by atoms with Crippen LogP contribution in [0.4, 0.5) is 0 Å². The zero-order chi connectivity index (χ0) is 22.9. The Kier molecular flexibility index (Phi) is 6.22. The Morgan fingerprint density at radius 3 is 2.56 bits per heavy atom. The number of carbonyl (C=O) groups excluding carboxylic acids is 2. The van der Waals surface area contributed by atoms with Gasteiger partial charge in [-0.15, -0.1) is 15.3 Å². The number of hydrogen-bond acceptors (Lipinski definition) is 9. The lowest BCUT2D eigenvalue weighted by molar-refractivity contribution is -0.134. The average Bonchev–Trinajstić information content (AvgIpc) is 3.49. The van der Waals surface area contributed by atoms with Crippen LogP contribution in [0.15, 0.2) is 10.7 Å². The maximum atomic E-state index is 12.6. The van der Waals surface area contributed by atoms with Crippen LogP contribution in [0, 0.1) is 5.41 Å². The highest BCUT2D eigenvalue weighted by Crippen LogP contribution is 2.48. The minimum Gasteiger partial charge on any atom is -0.423 e. The van der Waals surface area contributed by atoms with E-state index in [1.165, 1.54) is 11.0 Å². The second kappa shape index (κ2) is 8.93. The van der Waals surface area contributed by atoms with Crippen LogP contribution in [0.25, 0.3) is 0 Å². The molecule has 2 aromatic rings. The van der Waals surface area contributed by atoms with Crippen LogP contribution in [0.3, 0.4) is 0 Å². The number of carbonyl (C=O) groups is 2. The molecule has 174 valence electrons. The SMILES string of the molecule is CC(C)c1nnc(C2CC3(CCN(C(=O)Cn4cnnn4)CC3)CN2CC(=O)N(C)C)o1. The van der Waals surface area contributed by atoms with E-state index in [0.29, 0.717) is 31.4 Å². The van der Waals surface area contributed by atoms with Crippen LogP contribution in [0.1, 0.15) is 56.9 Å². The molecule has 2 aliphatic rings. The largest absolute Gasteiger partial charge is 0.423 e. The highest BCUT2D eigenvalue weighted by atomic mass is 16.4. The molecule has 0 bridgehead atoms. The molecule has 2 aliphatic heterocycles. The predicted octanol–water partition coefficient (Wildman–Crippen LogP) is 0.324. The highest BCUT2D eigenvalue weighted by Gasteiger charge is 2.48. The molecule has 4 rings (SSSR count). The number of tetrazole rings is 1. The predicted molar refractivity (Wildman–Crippen MR) is 112 cm³/mol. The van der Waals surface area contributed by atoms with E-state index in [0.717, 1.165) is 25.8 Å². The summed E-state index contributed by atoms with van der Waals surface area (Å²) >= 11 is 0. The van der Waals surface area contributed by atoms with Gasteiger partial charge in [-0.1, -0.05) is 13.8 Å². The molecule has 12 nitrogen and oxygen atoms in total. The van der Waals surface area contributed by atoms with Gasteiger partial charge in [0, 0.05) is 39.6 Å². The van der Waals surface area contributed by atoms with Crippen LogP contribution in [-0.4, -0.2) is 97.2 Å². The number of amides is 2. The standard InChI is InChI=1S/C20H31N9O3/c1-14(2)18-22-23-19(32-18)15-9-20(12-28(15)10-16(30)26(3)4)5-7-27(8-6-20)17(31)11-29-13-21-24-25-29/h13-15H,5-12H2,1-4H3. The number of rotatable bonds is 6. The number of piperidine rings is 1. The van der Waals surface area contributed by atoms with Gasteiger partial charge in [-0.2, -0.15) is 0 Å². The summed E-state index contributed by atoms with van der Waals surface area (Å²) in [7, 11) is 3.53. The second-order valence-electron chi connectivity index (χ2n) is 9.43. The Morgan fingerprint density at radius 1 is 1.22 bits per heavy atom. The van der Waals surface area contributed by atoms with E-state index < -0.39 is 0 Å². The summed E-state index contributed by atoms with van der Waals surface area (Å²) in [5.41, 5.74) is 0.00924. The fourth-order valence-electron chi connectivity index (χ4n) is 4.57. The first-order valence-corrected chi connectivity index (χ1v) is 11.0. The minimum atomic E-state index is -0.0950. The van der Waals surface area contributed by atoms with E-state index in [1.54, 1.807) is 19.0 Å². The lowest BCUT2D eigenvalue weighted by atomic mass is 9.76. The number of likely N-dealkylation sites (tertiary alicyclic amines) is 2. The number of nitrogens with zero attached hydrogens (tertiary/aromatic N) is 9. The van der Waals surface area contributed by atoms with Crippen molar-refractivity contribution < 1.29 is 14.0 Å². The molecule has 0 radical (unpaired) electrons. The maximum absolute atomic E-state index is 12.6. The lowest BCUT2D eigenvalue weighted by Crippen LogP contribution is -2.45. The molecule has 32 heavy (non-hydrogen) atoms. The van der Waals surface area contributed by atoms with Crippen molar-refractivity contribution >= 4 is 11.8 Å². The summed E-state index contributed by atoms with van der Waals surface area (Å²) in [6.45, 7) is 6.60. The molecule has 1 spiro atoms. The van der Waals surface area contributed by atoms with Crippen LogP contribution in [0.5, 0.6) is 0 Å². The van der Waals surface area contributed by atoms with Crippen LogP contribution in [0.2, 0.25) is 0 Å². The van der Waals surface area contributed by atoms with E-state index in [9.17, 15) is 9.59 Å². The van der Waals surface area contributed by atoms with Gasteiger partial charge in [0.15, 0.2) is 0 Å². The highest BCUT2D eigenvalue weighted by molar-refractivity contribution is 5.77. The molecule has 0 saturated carbocycles. The molecule has 0 aromatic carbocycles. The van der Waals surface area contributed by atoms with Crippen molar-refractivity contribution in [2.75, 3.05) is 40.3 Å². The lowest BCUT2D eigenvalue weighted by Gasteiger charge is -2.39. The van der Waals surface area contributed by atoms with Crippen LogP contribution < -0.4 is 0 Å². The Labute approximate surface area is 186 Å². The zero-order valence-corrected chi connectivity index (χ0v) is 19.1. The van der Waals surface area contributed by atoms with Gasteiger partial charge in [0.1, 0.15) is 12.9 Å². The first-order valence-electron chi connectivity index (χ1n) is 11.0. The monoisotopic (exact) mass is 445 g/mol. The topological polar surface area (TPSA) is 126 Å². The van der Waals surface area contributed by atoms with Gasteiger partial charge in [-0.3, -0.25) is 14.5 Å². The van der Waals surface area contributed by atoms with Crippen molar-refractivity contribution in [3.05, 3.63) is 18.1 Å². The fourth-order valence-corrected chi connectivity index (χ4v) is 4.57. The summed E-state index contributed by atoms with van der Waals surface area (Å²) in [6, 6.07) is -0.0950. The summed E-state index contributed by atoms with van der Waals surface area (Å²) in [4.78, 5) is 30.8. The van der Waals surface area contributed by atoms with Gasteiger partial charge in [0.05, 0.1) is 12.6 Å². The minimum absolute atomic E-state index is 0.00924. The molecular weight excluding hydrogens is 414 g/mol. The van der Waals surface area contributed by atoms with Gasteiger partial charge in [0.25, 0.3) is 0 Å². The van der Waals surface area contributed by atoms with Crippen molar-refractivity contribution in [1.82, 2.24) is 45.1 Å². The molecular formula is C20H31N9O3. The molecule has 2 saturated heterocycles. The van der Waals surface area contributed by atoms with E-state index >= 15 is 0 Å². The molecule has 0 N–H and O–H groups in total. The number of likely N-dealkylation sites (N-methyl/N-ethyl adjacent to an activating group) is 1. The third-order valence-corrected chi connectivity index (χ3v) is 6.54. The second-order valence-corrected chi connectivity index (χ2v) is 9.43. The van der Waals surface area contributed by atoms with Gasteiger partial charge in [-0.05, 0) is 35.1 Å². The Morgan fingerprint density at radius 2 is 1.97 bits per heavy atom. The Hall–Kier alpha value is -2.89. The van der Waals surface area contributed by atoms with Crippen molar-refractivity contribution in [1.29, 1.82) is 0 Å². The molecule has 2 amide bonds. The van der Waals surface area contributed by atoms with E-state index in [-0.39, 0.29) is 35.7 Å².